The molecule has 30 heavy (non-hydrogen) atoms. The Bertz CT molecular complexity index is 1050. The Morgan fingerprint density at radius 3 is 2.47 bits per heavy atom. The number of nitrogens with zero attached hydrogens (tertiary/aromatic N) is 3. The average molecular weight is 438 g/mol. The first-order valence-electron chi connectivity index (χ1n) is 8.82. The molecule has 0 bridgehead atoms. The Balaban J connectivity index is 0.000000232. The minimum absolute atomic E-state index is 0.0657. The molecule has 3 aromatic rings. The van der Waals surface area contributed by atoms with Gasteiger partial charge in [0.25, 0.3) is 5.76 Å². The van der Waals surface area contributed by atoms with Crippen LogP contribution in [-0.4, -0.2) is 52.6 Å². The summed E-state index contributed by atoms with van der Waals surface area (Å²) in [4.78, 5) is 26.8. The molecule has 0 amide bonds. The number of fused-ring (bicyclic) bond motifs is 1. The van der Waals surface area contributed by atoms with Crippen LogP contribution in [0.3, 0.4) is 0 Å². The number of aryl methyl sites for hydroxylation is 1. The lowest BCUT2D eigenvalue weighted by molar-refractivity contribution is 0.0485. The number of aromatic hydroxyl groups is 1. The number of ether oxygens (including phenoxy) is 3. The first-order chi connectivity index (χ1) is 14.3. The third kappa shape index (κ3) is 5.15. The summed E-state index contributed by atoms with van der Waals surface area (Å²) < 4.78 is 19.8. The van der Waals surface area contributed by atoms with Gasteiger partial charge >= 0.3 is 11.9 Å². The van der Waals surface area contributed by atoms with Crippen LogP contribution in [-0.2, 0) is 9.47 Å². The second-order valence-corrected chi connectivity index (χ2v) is 5.96. The normalized spacial score (nSPS) is 10.2. The number of halogens is 1. The molecule has 10 nitrogen and oxygen atoms in total. The van der Waals surface area contributed by atoms with Crippen molar-refractivity contribution in [2.24, 2.45) is 0 Å². The summed E-state index contributed by atoms with van der Waals surface area (Å²) in [5.74, 6) is -1.38. The van der Waals surface area contributed by atoms with Crippen molar-refractivity contribution < 1.29 is 33.3 Å². The van der Waals surface area contributed by atoms with Gasteiger partial charge in [-0.05, 0) is 26.8 Å². The van der Waals surface area contributed by atoms with Crippen LogP contribution in [0.25, 0.3) is 11.1 Å². The van der Waals surface area contributed by atoms with Gasteiger partial charge in [0.1, 0.15) is 16.7 Å². The maximum atomic E-state index is 11.6. The zero-order valence-corrected chi connectivity index (χ0v) is 17.5. The zero-order chi connectivity index (χ0) is 22.3. The molecule has 11 heteroatoms. The predicted octanol–water partition coefficient (Wildman–Crippen LogP) is 3.33. The molecule has 0 aliphatic heterocycles. The Labute approximate surface area is 176 Å². The Hall–Kier alpha value is -3.40. The van der Waals surface area contributed by atoms with Gasteiger partial charge in [-0.1, -0.05) is 11.6 Å². The highest BCUT2D eigenvalue weighted by molar-refractivity contribution is 6.32. The first kappa shape index (κ1) is 22.9. The monoisotopic (exact) mass is 437 g/mol. The van der Waals surface area contributed by atoms with Crippen molar-refractivity contribution in [3.05, 3.63) is 40.5 Å². The highest BCUT2D eigenvalue weighted by Crippen LogP contribution is 2.38. The molecule has 0 radical (unpaired) electrons. The zero-order valence-electron chi connectivity index (χ0n) is 16.8. The molecule has 0 aromatic carbocycles. The number of methoxy groups -OCH3 is 1. The standard InChI is InChI=1S/C12H13NO5.C7H7ClN2O2/c1-4-17-12(15)10-9(14)8-7(16-3)5-6(2)13-11(8)18-10;1-2-12-7(11)5-3-4-9-10-6(5)8/h5,14H,4H2,1-3H3;3-4H,2H2,1H3. The number of furan rings is 1. The third-order valence-corrected chi connectivity index (χ3v) is 3.86. The van der Waals surface area contributed by atoms with Crippen LogP contribution in [0.5, 0.6) is 11.5 Å². The fourth-order valence-electron chi connectivity index (χ4n) is 2.34. The van der Waals surface area contributed by atoms with Crippen molar-refractivity contribution in [2.45, 2.75) is 20.8 Å². The highest BCUT2D eigenvalue weighted by atomic mass is 35.5. The largest absolute Gasteiger partial charge is 0.503 e. The van der Waals surface area contributed by atoms with E-state index in [1.807, 2.05) is 0 Å². The lowest BCUT2D eigenvalue weighted by Crippen LogP contribution is -2.06. The van der Waals surface area contributed by atoms with E-state index in [0.717, 1.165) is 0 Å². The maximum absolute atomic E-state index is 11.6. The number of carbonyl (C=O) groups excluding carboxylic acids is 2. The van der Waals surface area contributed by atoms with Gasteiger partial charge in [-0.15, -0.1) is 5.10 Å². The number of aromatic nitrogens is 3. The SMILES string of the molecule is CCOC(=O)c1ccnnc1Cl.CCOC(=O)c1oc2nc(C)cc(OC)c2c1O. The molecule has 0 aliphatic carbocycles. The molecule has 0 aliphatic rings. The van der Waals surface area contributed by atoms with Crippen molar-refractivity contribution in [2.75, 3.05) is 20.3 Å². The van der Waals surface area contributed by atoms with Crippen LogP contribution >= 0.6 is 11.6 Å². The Morgan fingerprint density at radius 1 is 1.20 bits per heavy atom. The summed E-state index contributed by atoms with van der Waals surface area (Å²) in [6.45, 7) is 5.66. The number of carbonyl (C=O) groups is 2. The predicted molar refractivity (Wildman–Crippen MR) is 106 cm³/mol. The van der Waals surface area contributed by atoms with E-state index in [4.69, 9.17) is 30.2 Å². The molecule has 0 saturated carbocycles. The van der Waals surface area contributed by atoms with E-state index in [2.05, 4.69) is 15.2 Å². The second-order valence-electron chi connectivity index (χ2n) is 5.60. The Kier molecular flexibility index (Phi) is 7.93. The minimum Gasteiger partial charge on any atom is -0.503 e. The number of rotatable bonds is 5. The molecule has 0 saturated heterocycles. The fourth-order valence-corrected chi connectivity index (χ4v) is 2.52. The fraction of sp³-hybridized carbons (Fsp3) is 0.316. The van der Waals surface area contributed by atoms with Crippen LogP contribution in [0.4, 0.5) is 0 Å². The Morgan fingerprint density at radius 2 is 1.87 bits per heavy atom. The van der Waals surface area contributed by atoms with E-state index in [0.29, 0.717) is 18.1 Å². The molecule has 3 rings (SSSR count). The average Bonchev–Trinajstić information content (AvgIpc) is 3.05. The van der Waals surface area contributed by atoms with Gasteiger partial charge in [0.15, 0.2) is 10.9 Å². The quantitative estimate of drug-likeness (QED) is 0.592. The second kappa shape index (κ2) is 10.4. The molecule has 160 valence electrons. The number of hydrogen-bond acceptors (Lipinski definition) is 10. The van der Waals surface area contributed by atoms with Crippen LogP contribution in [0.1, 0.15) is 40.5 Å². The molecule has 3 aromatic heterocycles. The van der Waals surface area contributed by atoms with Gasteiger partial charge in [0.2, 0.25) is 5.71 Å². The minimum atomic E-state index is -0.729. The molecule has 3 heterocycles. The summed E-state index contributed by atoms with van der Waals surface area (Å²) in [5, 5.41) is 17.3. The lowest BCUT2D eigenvalue weighted by atomic mass is 10.2. The van der Waals surface area contributed by atoms with E-state index in [9.17, 15) is 14.7 Å². The van der Waals surface area contributed by atoms with E-state index in [1.54, 1.807) is 26.8 Å². The summed E-state index contributed by atoms with van der Waals surface area (Å²) in [6.07, 6.45) is 1.39. The first-order valence-corrected chi connectivity index (χ1v) is 9.20. The lowest BCUT2D eigenvalue weighted by Gasteiger charge is -2.01. The van der Waals surface area contributed by atoms with E-state index in [1.165, 1.54) is 19.4 Å². The molecule has 1 N–H and O–H groups in total. The maximum Gasteiger partial charge on any atom is 0.378 e. The number of hydrogen-bond donors (Lipinski definition) is 1. The number of pyridine rings is 1. The third-order valence-electron chi connectivity index (χ3n) is 3.58. The van der Waals surface area contributed by atoms with Gasteiger partial charge in [0.05, 0.1) is 26.5 Å². The van der Waals surface area contributed by atoms with Gasteiger partial charge in [-0.25, -0.2) is 14.6 Å². The van der Waals surface area contributed by atoms with Crippen LogP contribution in [0, 0.1) is 6.92 Å². The summed E-state index contributed by atoms with van der Waals surface area (Å²) in [6, 6.07) is 3.11. The summed E-state index contributed by atoms with van der Waals surface area (Å²) in [5.41, 5.74) is 1.05. The van der Waals surface area contributed by atoms with Crippen molar-refractivity contribution in [3.63, 3.8) is 0 Å². The summed E-state index contributed by atoms with van der Waals surface area (Å²) in [7, 11) is 1.46. The van der Waals surface area contributed by atoms with E-state index >= 15 is 0 Å². The highest BCUT2D eigenvalue weighted by Gasteiger charge is 2.25. The smallest absolute Gasteiger partial charge is 0.378 e. The van der Waals surface area contributed by atoms with Crippen LogP contribution in [0.15, 0.2) is 22.7 Å². The van der Waals surface area contributed by atoms with E-state index in [-0.39, 0.29) is 39.9 Å². The molecular weight excluding hydrogens is 418 g/mol. The van der Waals surface area contributed by atoms with Crippen LogP contribution in [0.2, 0.25) is 5.15 Å². The number of esters is 2. The topological polar surface area (TPSA) is 134 Å². The van der Waals surface area contributed by atoms with Crippen molar-refractivity contribution >= 4 is 34.6 Å². The molecule has 0 unspecified atom stereocenters. The molecular formula is C19H20ClN3O7. The van der Waals surface area contributed by atoms with E-state index < -0.39 is 11.9 Å². The van der Waals surface area contributed by atoms with Gasteiger partial charge < -0.3 is 23.7 Å². The summed E-state index contributed by atoms with van der Waals surface area (Å²) >= 11 is 5.58. The van der Waals surface area contributed by atoms with Gasteiger partial charge in [-0.3, -0.25) is 0 Å². The van der Waals surface area contributed by atoms with Crippen molar-refractivity contribution in [1.29, 1.82) is 0 Å². The van der Waals surface area contributed by atoms with Crippen molar-refractivity contribution in [3.8, 4) is 11.5 Å². The molecule has 0 fully saturated rings. The molecule has 0 atom stereocenters. The van der Waals surface area contributed by atoms with Crippen molar-refractivity contribution in [1.82, 2.24) is 15.2 Å². The van der Waals surface area contributed by atoms with Crippen LogP contribution < -0.4 is 4.74 Å². The van der Waals surface area contributed by atoms with Gasteiger partial charge in [0, 0.05) is 11.8 Å². The molecule has 0 spiro atoms. The van der Waals surface area contributed by atoms with Gasteiger partial charge in [-0.2, -0.15) is 5.10 Å².